The molecule has 278 valence electrons. The fourth-order valence-corrected chi connectivity index (χ4v) is 8.46. The summed E-state index contributed by atoms with van der Waals surface area (Å²) in [6.07, 6.45) is 13.8. The van der Waals surface area contributed by atoms with Crippen molar-refractivity contribution in [3.8, 4) is 0 Å². The van der Waals surface area contributed by atoms with Gasteiger partial charge in [0.25, 0.3) is 0 Å². The number of rotatable bonds is 18. The summed E-state index contributed by atoms with van der Waals surface area (Å²) in [4.78, 5) is 24.5. The van der Waals surface area contributed by atoms with Gasteiger partial charge in [0.2, 0.25) is 0 Å². The van der Waals surface area contributed by atoms with Gasteiger partial charge in [0.15, 0.2) is 11.6 Å². The summed E-state index contributed by atoms with van der Waals surface area (Å²) >= 11 is 0. The van der Waals surface area contributed by atoms with Crippen LogP contribution in [-0.4, -0.2) is 78.2 Å². The zero-order chi connectivity index (χ0) is 35.7. The SMILES string of the molecule is CC(C)(O)C(=O)c1ccc(COCCOC2CCC(C(C)(C)C3CCC(OCCOCC4CCC(C(=O)C(C)(C)O)CC4)CC3)CC2)cc1. The lowest BCUT2D eigenvalue weighted by Crippen LogP contribution is -2.39. The van der Waals surface area contributed by atoms with Gasteiger partial charge in [-0.3, -0.25) is 9.59 Å². The predicted molar refractivity (Wildman–Crippen MR) is 191 cm³/mol. The molecule has 0 atom stereocenters. The number of aliphatic hydroxyl groups is 2. The van der Waals surface area contributed by atoms with Crippen molar-refractivity contribution in [2.75, 3.05) is 33.0 Å². The molecule has 0 heterocycles. The van der Waals surface area contributed by atoms with Crippen molar-refractivity contribution in [1.82, 2.24) is 0 Å². The minimum atomic E-state index is -1.37. The summed E-state index contributed by atoms with van der Waals surface area (Å²) in [5.74, 6) is 1.66. The van der Waals surface area contributed by atoms with Crippen LogP contribution in [0, 0.1) is 29.1 Å². The zero-order valence-electron chi connectivity index (χ0n) is 31.3. The number of Topliss-reactive ketones (excluding diaryl/α,β-unsaturated/α-hetero) is 2. The van der Waals surface area contributed by atoms with Gasteiger partial charge >= 0.3 is 0 Å². The van der Waals surface area contributed by atoms with Crippen LogP contribution in [0.15, 0.2) is 24.3 Å². The van der Waals surface area contributed by atoms with Gasteiger partial charge in [-0.25, -0.2) is 0 Å². The maximum atomic E-state index is 12.3. The van der Waals surface area contributed by atoms with Crippen LogP contribution in [0.5, 0.6) is 0 Å². The highest BCUT2D eigenvalue weighted by Crippen LogP contribution is 2.49. The molecule has 49 heavy (non-hydrogen) atoms. The Bertz CT molecular complexity index is 1140. The standard InChI is InChI=1S/C41H66O8/c1-39(2,33-15-19-35(20-16-33)48-25-23-46-27-29-7-11-31(12-8-29)37(42)40(3,4)44)34-17-21-36(22-18-34)49-26-24-47-28-30-9-13-32(14-10-30)38(43)41(5,6)45/h7-8,11-12,30,32-36,44-45H,9-10,13-28H2,1-6H3. The van der Waals surface area contributed by atoms with Gasteiger partial charge in [0.05, 0.1) is 45.2 Å². The predicted octanol–water partition coefficient (Wildman–Crippen LogP) is 7.50. The summed E-state index contributed by atoms with van der Waals surface area (Å²) in [5, 5.41) is 19.9. The second-order valence-corrected chi connectivity index (χ2v) is 16.9. The smallest absolute Gasteiger partial charge is 0.193 e. The van der Waals surface area contributed by atoms with Gasteiger partial charge in [-0.15, -0.1) is 0 Å². The van der Waals surface area contributed by atoms with E-state index in [2.05, 4.69) is 13.8 Å². The highest BCUT2D eigenvalue weighted by molar-refractivity contribution is 6.01. The third kappa shape index (κ3) is 12.2. The Balaban J connectivity index is 1.02. The normalized spacial score (nSPS) is 27.2. The minimum Gasteiger partial charge on any atom is -0.383 e. The highest BCUT2D eigenvalue weighted by atomic mass is 16.5. The van der Waals surface area contributed by atoms with Gasteiger partial charge in [-0.05, 0) is 133 Å². The Morgan fingerprint density at radius 2 is 1.12 bits per heavy atom. The Labute approximate surface area is 296 Å². The van der Waals surface area contributed by atoms with Crippen molar-refractivity contribution in [2.24, 2.45) is 29.1 Å². The van der Waals surface area contributed by atoms with Crippen LogP contribution in [0.2, 0.25) is 0 Å². The van der Waals surface area contributed by atoms with Crippen LogP contribution in [0.1, 0.15) is 135 Å². The first-order valence-corrected chi connectivity index (χ1v) is 19.2. The van der Waals surface area contributed by atoms with Gasteiger partial charge in [-0.2, -0.15) is 0 Å². The van der Waals surface area contributed by atoms with Crippen molar-refractivity contribution in [1.29, 1.82) is 0 Å². The molecule has 3 aliphatic rings. The molecule has 0 unspecified atom stereocenters. The molecule has 3 saturated carbocycles. The molecule has 8 heteroatoms. The maximum Gasteiger partial charge on any atom is 0.193 e. The Kier molecular flexibility index (Phi) is 14.9. The van der Waals surface area contributed by atoms with Gasteiger partial charge in [0, 0.05) is 18.1 Å². The molecule has 0 amide bonds. The van der Waals surface area contributed by atoms with E-state index < -0.39 is 11.2 Å². The van der Waals surface area contributed by atoms with E-state index in [1.165, 1.54) is 39.5 Å². The molecule has 0 spiro atoms. The van der Waals surface area contributed by atoms with Crippen molar-refractivity contribution < 1.29 is 38.7 Å². The molecule has 8 nitrogen and oxygen atoms in total. The number of hydrogen-bond donors (Lipinski definition) is 2. The minimum absolute atomic E-state index is 0.00883. The molecule has 3 fully saturated rings. The second-order valence-electron chi connectivity index (χ2n) is 16.9. The molecule has 3 aliphatic carbocycles. The van der Waals surface area contributed by atoms with E-state index in [1.807, 2.05) is 12.1 Å². The van der Waals surface area contributed by atoms with Gasteiger partial charge in [-0.1, -0.05) is 38.1 Å². The van der Waals surface area contributed by atoms with Crippen LogP contribution < -0.4 is 0 Å². The van der Waals surface area contributed by atoms with Crippen LogP contribution in [-0.2, 0) is 30.3 Å². The highest BCUT2D eigenvalue weighted by Gasteiger charge is 2.41. The van der Waals surface area contributed by atoms with E-state index in [4.69, 9.17) is 18.9 Å². The molecule has 0 aromatic heterocycles. The topological polar surface area (TPSA) is 112 Å². The lowest BCUT2D eigenvalue weighted by atomic mass is 9.60. The summed E-state index contributed by atoms with van der Waals surface area (Å²) in [5.41, 5.74) is -0.773. The number of benzene rings is 1. The first-order chi connectivity index (χ1) is 23.1. The number of ketones is 2. The zero-order valence-corrected chi connectivity index (χ0v) is 31.3. The van der Waals surface area contributed by atoms with E-state index in [1.54, 1.807) is 26.0 Å². The summed E-state index contributed by atoms with van der Waals surface area (Å²) in [7, 11) is 0. The summed E-state index contributed by atoms with van der Waals surface area (Å²) in [6, 6.07) is 7.24. The molecule has 1 aromatic rings. The molecule has 2 N–H and O–H groups in total. The molecular weight excluding hydrogens is 620 g/mol. The van der Waals surface area contributed by atoms with Crippen LogP contribution in [0.3, 0.4) is 0 Å². The van der Waals surface area contributed by atoms with Crippen LogP contribution in [0.25, 0.3) is 0 Å². The lowest BCUT2D eigenvalue weighted by molar-refractivity contribution is -0.139. The average Bonchev–Trinajstić information content (AvgIpc) is 3.07. The average molecular weight is 687 g/mol. The largest absolute Gasteiger partial charge is 0.383 e. The first kappa shape index (κ1) is 40.1. The third-order valence-corrected chi connectivity index (χ3v) is 11.8. The molecular formula is C41H66O8. The quantitative estimate of drug-likeness (QED) is 0.121. The first-order valence-electron chi connectivity index (χ1n) is 19.2. The molecule has 0 saturated heterocycles. The lowest BCUT2D eigenvalue weighted by Gasteiger charge is -2.46. The van der Waals surface area contributed by atoms with Crippen LogP contribution in [0.4, 0.5) is 0 Å². The Morgan fingerprint density at radius 1 is 0.633 bits per heavy atom. The fraction of sp³-hybridized carbons (Fsp3) is 0.805. The van der Waals surface area contributed by atoms with E-state index in [0.717, 1.165) is 75.4 Å². The van der Waals surface area contributed by atoms with E-state index in [0.29, 0.717) is 62.1 Å². The number of ether oxygens (including phenoxy) is 4. The summed E-state index contributed by atoms with van der Waals surface area (Å²) in [6.45, 7) is 14.8. The van der Waals surface area contributed by atoms with Crippen molar-refractivity contribution >= 4 is 11.6 Å². The monoisotopic (exact) mass is 686 g/mol. The third-order valence-electron chi connectivity index (χ3n) is 11.8. The molecule has 1 aromatic carbocycles. The van der Waals surface area contributed by atoms with E-state index in [9.17, 15) is 19.8 Å². The van der Waals surface area contributed by atoms with Gasteiger partial charge in [0.1, 0.15) is 11.2 Å². The Morgan fingerprint density at radius 3 is 1.59 bits per heavy atom. The molecule has 0 bridgehead atoms. The molecule has 0 radical (unpaired) electrons. The van der Waals surface area contributed by atoms with E-state index in [-0.39, 0.29) is 17.5 Å². The number of carbonyl (C=O) groups is 2. The van der Waals surface area contributed by atoms with Crippen molar-refractivity contribution in [3.05, 3.63) is 35.4 Å². The van der Waals surface area contributed by atoms with Crippen molar-refractivity contribution in [3.63, 3.8) is 0 Å². The Hall–Kier alpha value is -1.68. The van der Waals surface area contributed by atoms with Crippen LogP contribution >= 0.6 is 0 Å². The molecule has 0 aliphatic heterocycles. The number of carbonyl (C=O) groups excluding carboxylic acids is 2. The summed E-state index contributed by atoms with van der Waals surface area (Å²) < 4.78 is 24.2. The van der Waals surface area contributed by atoms with Gasteiger partial charge < -0.3 is 29.2 Å². The fourth-order valence-electron chi connectivity index (χ4n) is 8.46. The second kappa shape index (κ2) is 18.2. The van der Waals surface area contributed by atoms with Crippen molar-refractivity contribution in [2.45, 2.75) is 149 Å². The maximum absolute atomic E-state index is 12.3. The molecule has 4 rings (SSSR count). The van der Waals surface area contributed by atoms with E-state index >= 15 is 0 Å². The number of hydrogen-bond acceptors (Lipinski definition) is 8.